The van der Waals surface area contributed by atoms with Crippen molar-refractivity contribution in [3.63, 3.8) is 0 Å². The van der Waals surface area contributed by atoms with Crippen LogP contribution in [0.4, 0.5) is 0 Å². The average molecular weight is 285 g/mol. The summed E-state index contributed by atoms with van der Waals surface area (Å²) in [5, 5.41) is 31.6. The Morgan fingerprint density at radius 1 is 1.10 bits per heavy atom. The number of benzene rings is 2. The second-order valence-electron chi connectivity index (χ2n) is 5.12. The lowest BCUT2D eigenvalue weighted by Gasteiger charge is -2.18. The molecule has 1 aliphatic carbocycles. The van der Waals surface area contributed by atoms with Crippen LogP contribution in [-0.2, 0) is 6.42 Å². The molecule has 0 heterocycles. The van der Waals surface area contributed by atoms with Gasteiger partial charge in [-0.2, -0.15) is 0 Å². The van der Waals surface area contributed by atoms with Gasteiger partial charge in [-0.3, -0.25) is 4.79 Å². The number of carbonyl (C=O) groups excluding carboxylic acids is 1. The van der Waals surface area contributed by atoms with Crippen molar-refractivity contribution in [3.05, 3.63) is 59.2 Å². The molecule has 0 aromatic heterocycles. The van der Waals surface area contributed by atoms with Crippen molar-refractivity contribution in [2.75, 3.05) is 0 Å². The Labute approximate surface area is 121 Å². The van der Waals surface area contributed by atoms with Crippen molar-refractivity contribution in [2.24, 2.45) is 0 Å². The largest absolute Gasteiger partial charge is 0.504 e. The van der Waals surface area contributed by atoms with Gasteiger partial charge in [-0.1, -0.05) is 24.3 Å². The normalized spacial score (nSPS) is 20.0. The van der Waals surface area contributed by atoms with E-state index >= 15 is 0 Å². The quantitative estimate of drug-likeness (QED) is 0.629. The molecule has 0 radical (unpaired) electrons. The van der Waals surface area contributed by atoms with Gasteiger partial charge in [0.1, 0.15) is 0 Å². The smallest absolute Gasteiger partial charge is 0.251 e. The van der Waals surface area contributed by atoms with Crippen molar-refractivity contribution < 1.29 is 20.1 Å². The third-order valence-electron chi connectivity index (χ3n) is 3.73. The Kier molecular flexibility index (Phi) is 3.27. The lowest BCUT2D eigenvalue weighted by molar-refractivity contribution is 0.0858. The highest BCUT2D eigenvalue weighted by atomic mass is 16.3. The molecule has 0 saturated heterocycles. The third-order valence-corrected chi connectivity index (χ3v) is 3.73. The minimum absolute atomic E-state index is 0.224. The standard InChI is InChI=1S/C16H15NO4/c18-12-6-5-10(8-13(12)19)16(21)17-15-11-4-2-1-3-9(11)7-14(15)20/h1-6,8,14-15,18-20H,7H2,(H,17,21)/t14-,15+/m1/s1. The number of amides is 1. The number of nitrogens with one attached hydrogen (secondary N) is 1. The van der Waals surface area contributed by atoms with Gasteiger partial charge in [0, 0.05) is 12.0 Å². The van der Waals surface area contributed by atoms with Crippen molar-refractivity contribution in [2.45, 2.75) is 18.6 Å². The van der Waals surface area contributed by atoms with Gasteiger partial charge in [-0.15, -0.1) is 0 Å². The second-order valence-corrected chi connectivity index (χ2v) is 5.12. The predicted molar refractivity (Wildman–Crippen MR) is 76.1 cm³/mol. The summed E-state index contributed by atoms with van der Waals surface area (Å²) in [5.74, 6) is -1.04. The van der Waals surface area contributed by atoms with E-state index in [0.717, 1.165) is 11.1 Å². The molecule has 2 aromatic carbocycles. The Morgan fingerprint density at radius 2 is 1.86 bits per heavy atom. The lowest BCUT2D eigenvalue weighted by Crippen LogP contribution is -2.33. The van der Waals surface area contributed by atoms with E-state index in [9.17, 15) is 20.1 Å². The monoisotopic (exact) mass is 285 g/mol. The zero-order valence-corrected chi connectivity index (χ0v) is 11.2. The maximum atomic E-state index is 12.2. The zero-order valence-electron chi connectivity index (χ0n) is 11.2. The van der Waals surface area contributed by atoms with Crippen LogP contribution in [0.3, 0.4) is 0 Å². The first-order valence-corrected chi connectivity index (χ1v) is 6.65. The molecule has 1 amide bonds. The molecule has 3 rings (SSSR count). The number of hydrogen-bond acceptors (Lipinski definition) is 4. The number of fused-ring (bicyclic) bond motifs is 1. The first-order chi connectivity index (χ1) is 10.1. The molecular weight excluding hydrogens is 270 g/mol. The number of aromatic hydroxyl groups is 2. The van der Waals surface area contributed by atoms with Crippen molar-refractivity contribution in [1.82, 2.24) is 5.32 Å². The molecule has 0 saturated carbocycles. The van der Waals surface area contributed by atoms with Crippen LogP contribution in [0.2, 0.25) is 0 Å². The topological polar surface area (TPSA) is 89.8 Å². The molecule has 0 bridgehead atoms. The van der Waals surface area contributed by atoms with Crippen LogP contribution in [-0.4, -0.2) is 27.3 Å². The molecule has 5 nitrogen and oxygen atoms in total. The number of carbonyl (C=O) groups is 1. The third kappa shape index (κ3) is 2.43. The van der Waals surface area contributed by atoms with E-state index in [4.69, 9.17) is 0 Å². The first kappa shape index (κ1) is 13.5. The summed E-state index contributed by atoms with van der Waals surface area (Å²) >= 11 is 0. The fraction of sp³-hybridized carbons (Fsp3) is 0.188. The Morgan fingerprint density at radius 3 is 2.62 bits per heavy atom. The number of hydrogen-bond donors (Lipinski definition) is 4. The molecule has 2 aromatic rings. The molecule has 108 valence electrons. The predicted octanol–water partition coefficient (Wildman–Crippen LogP) is 1.49. The summed E-state index contributed by atoms with van der Waals surface area (Å²) in [6.45, 7) is 0. The van der Waals surface area contributed by atoms with Gasteiger partial charge in [0.15, 0.2) is 11.5 Å². The van der Waals surface area contributed by atoms with Gasteiger partial charge in [-0.25, -0.2) is 0 Å². The summed E-state index contributed by atoms with van der Waals surface area (Å²) in [7, 11) is 0. The summed E-state index contributed by atoms with van der Waals surface area (Å²) in [6.07, 6.45) is -0.167. The van der Waals surface area contributed by atoms with E-state index in [0.29, 0.717) is 6.42 Å². The van der Waals surface area contributed by atoms with Crippen LogP contribution in [0.25, 0.3) is 0 Å². The van der Waals surface area contributed by atoms with Crippen molar-refractivity contribution in [1.29, 1.82) is 0 Å². The van der Waals surface area contributed by atoms with Crippen LogP contribution in [0.1, 0.15) is 27.5 Å². The fourth-order valence-electron chi connectivity index (χ4n) is 2.64. The van der Waals surface area contributed by atoms with E-state index in [1.54, 1.807) is 0 Å². The van der Waals surface area contributed by atoms with Gasteiger partial charge in [0.25, 0.3) is 5.91 Å². The zero-order chi connectivity index (χ0) is 15.0. The minimum atomic E-state index is -0.669. The number of phenolic OH excluding ortho intramolecular Hbond substituents is 2. The van der Waals surface area contributed by atoms with E-state index in [1.165, 1.54) is 18.2 Å². The van der Waals surface area contributed by atoms with Gasteiger partial charge >= 0.3 is 0 Å². The Hall–Kier alpha value is -2.53. The van der Waals surface area contributed by atoms with E-state index in [-0.39, 0.29) is 17.1 Å². The molecule has 21 heavy (non-hydrogen) atoms. The minimum Gasteiger partial charge on any atom is -0.504 e. The molecule has 0 fully saturated rings. The van der Waals surface area contributed by atoms with Crippen LogP contribution in [0.15, 0.2) is 42.5 Å². The maximum Gasteiger partial charge on any atom is 0.251 e. The number of aliphatic hydroxyl groups is 1. The van der Waals surface area contributed by atoms with E-state index in [2.05, 4.69) is 5.32 Å². The number of phenols is 2. The van der Waals surface area contributed by atoms with E-state index in [1.807, 2.05) is 24.3 Å². The second kappa shape index (κ2) is 5.10. The number of aliphatic hydroxyl groups excluding tert-OH is 1. The highest BCUT2D eigenvalue weighted by Crippen LogP contribution is 2.32. The van der Waals surface area contributed by atoms with Gasteiger partial charge < -0.3 is 20.6 Å². The van der Waals surface area contributed by atoms with Crippen LogP contribution in [0.5, 0.6) is 11.5 Å². The maximum absolute atomic E-state index is 12.2. The SMILES string of the molecule is O=C(N[C@H]1c2ccccc2C[C@H]1O)c1ccc(O)c(O)c1. The molecule has 2 atom stereocenters. The lowest BCUT2D eigenvalue weighted by atomic mass is 10.1. The molecule has 5 heteroatoms. The highest BCUT2D eigenvalue weighted by molar-refractivity contribution is 5.95. The summed E-state index contributed by atoms with van der Waals surface area (Å²) in [4.78, 5) is 12.2. The molecule has 0 unspecified atom stereocenters. The van der Waals surface area contributed by atoms with Gasteiger partial charge in [0.2, 0.25) is 0 Å². The van der Waals surface area contributed by atoms with Crippen LogP contribution >= 0.6 is 0 Å². The summed E-state index contributed by atoms with van der Waals surface area (Å²) in [5.41, 5.74) is 2.15. The van der Waals surface area contributed by atoms with E-state index < -0.39 is 18.1 Å². The van der Waals surface area contributed by atoms with Crippen LogP contribution < -0.4 is 5.32 Å². The Bertz CT molecular complexity index is 698. The first-order valence-electron chi connectivity index (χ1n) is 6.65. The van der Waals surface area contributed by atoms with Crippen LogP contribution in [0, 0.1) is 0 Å². The molecule has 0 aliphatic heterocycles. The molecular formula is C16H15NO4. The summed E-state index contributed by atoms with van der Waals surface area (Å²) < 4.78 is 0. The Balaban J connectivity index is 1.83. The average Bonchev–Trinajstić information content (AvgIpc) is 2.78. The molecule has 0 spiro atoms. The highest BCUT2D eigenvalue weighted by Gasteiger charge is 2.32. The fourth-order valence-corrected chi connectivity index (χ4v) is 2.64. The van der Waals surface area contributed by atoms with Gasteiger partial charge in [0.05, 0.1) is 12.1 Å². The van der Waals surface area contributed by atoms with Crippen molar-refractivity contribution >= 4 is 5.91 Å². The number of rotatable bonds is 2. The molecule has 4 N–H and O–H groups in total. The summed E-state index contributed by atoms with van der Waals surface area (Å²) in [6, 6.07) is 11.0. The van der Waals surface area contributed by atoms with Crippen molar-refractivity contribution in [3.8, 4) is 11.5 Å². The van der Waals surface area contributed by atoms with Gasteiger partial charge in [-0.05, 0) is 29.3 Å². The molecule has 1 aliphatic rings.